The number of carbonyl (C=O) groups is 3. The Balaban J connectivity index is 1.80. The monoisotopic (exact) mass is 281 g/mol. The van der Waals surface area contributed by atoms with Gasteiger partial charge in [-0.1, -0.05) is 24.3 Å². The number of nitrogens with zero attached hydrogens (tertiary/aromatic N) is 1. The Morgan fingerprint density at radius 1 is 1.05 bits per heavy atom. The van der Waals surface area contributed by atoms with Crippen LogP contribution in [0.1, 0.15) is 23.7 Å². The SMILES string of the molecule is CC(=O)c1ccccc1N1C(=O)[C@@H]2[C@@H](C1=O)[C@H]1C=C[C@@H]2C1. The summed E-state index contributed by atoms with van der Waals surface area (Å²) in [6.07, 6.45) is 5.05. The molecule has 2 amide bonds. The predicted molar refractivity (Wildman–Crippen MR) is 76.7 cm³/mol. The molecule has 21 heavy (non-hydrogen) atoms. The predicted octanol–water partition coefficient (Wildman–Crippen LogP) is 2.20. The van der Waals surface area contributed by atoms with Crippen LogP contribution in [0.25, 0.3) is 0 Å². The van der Waals surface area contributed by atoms with E-state index in [4.69, 9.17) is 0 Å². The second-order valence-corrected chi connectivity index (χ2v) is 6.09. The summed E-state index contributed by atoms with van der Waals surface area (Å²) in [7, 11) is 0. The van der Waals surface area contributed by atoms with Crippen LogP contribution in [0.5, 0.6) is 0 Å². The first-order valence-corrected chi connectivity index (χ1v) is 7.25. The van der Waals surface area contributed by atoms with Crippen molar-refractivity contribution in [2.24, 2.45) is 23.7 Å². The number of hydrogen-bond donors (Lipinski definition) is 0. The third-order valence-electron chi connectivity index (χ3n) is 4.99. The van der Waals surface area contributed by atoms with Gasteiger partial charge in [-0.3, -0.25) is 14.4 Å². The standard InChI is InChI=1S/C17H15NO3/c1-9(19)12-4-2-3-5-13(12)18-16(20)14-10-6-7-11(8-10)15(14)17(18)21/h2-7,10-11,14-15H,8H2,1H3/t10-,11+,14-,15-/m0/s1. The quantitative estimate of drug-likeness (QED) is 0.474. The molecule has 2 aliphatic carbocycles. The van der Waals surface area contributed by atoms with Crippen LogP contribution in [-0.2, 0) is 9.59 Å². The molecule has 3 aliphatic rings. The molecule has 1 aliphatic heterocycles. The molecule has 1 saturated heterocycles. The lowest BCUT2D eigenvalue weighted by Gasteiger charge is -2.19. The van der Waals surface area contributed by atoms with Crippen molar-refractivity contribution in [2.45, 2.75) is 13.3 Å². The van der Waals surface area contributed by atoms with E-state index in [1.54, 1.807) is 24.3 Å². The zero-order chi connectivity index (χ0) is 14.7. The van der Waals surface area contributed by atoms with Crippen LogP contribution in [-0.4, -0.2) is 17.6 Å². The van der Waals surface area contributed by atoms with Crippen molar-refractivity contribution in [2.75, 3.05) is 4.90 Å². The van der Waals surface area contributed by atoms with Gasteiger partial charge < -0.3 is 0 Å². The molecule has 0 spiro atoms. The number of fused-ring (bicyclic) bond motifs is 5. The number of allylic oxidation sites excluding steroid dienone is 2. The number of carbonyl (C=O) groups excluding carboxylic acids is 3. The Kier molecular flexibility index (Phi) is 2.46. The van der Waals surface area contributed by atoms with Gasteiger partial charge in [-0.05, 0) is 37.3 Å². The van der Waals surface area contributed by atoms with Gasteiger partial charge in [-0.15, -0.1) is 0 Å². The first kappa shape index (κ1) is 12.5. The van der Waals surface area contributed by atoms with Crippen LogP contribution in [0.4, 0.5) is 5.69 Å². The summed E-state index contributed by atoms with van der Waals surface area (Å²) in [5.74, 6) is -0.507. The summed E-state index contributed by atoms with van der Waals surface area (Å²) in [5.41, 5.74) is 0.869. The number of ketones is 1. The molecule has 4 rings (SSSR count). The third kappa shape index (κ3) is 1.53. The molecule has 1 heterocycles. The lowest BCUT2D eigenvalue weighted by Crippen LogP contribution is -2.34. The largest absolute Gasteiger partial charge is 0.294 e. The maximum Gasteiger partial charge on any atom is 0.238 e. The number of anilines is 1. The minimum atomic E-state index is -0.229. The molecule has 0 unspecified atom stereocenters. The number of rotatable bonds is 2. The maximum absolute atomic E-state index is 12.7. The van der Waals surface area contributed by atoms with Crippen molar-refractivity contribution in [1.29, 1.82) is 0 Å². The van der Waals surface area contributed by atoms with E-state index in [0.29, 0.717) is 11.3 Å². The van der Waals surface area contributed by atoms with E-state index in [1.807, 2.05) is 0 Å². The molecule has 106 valence electrons. The number of amides is 2. The molecule has 0 aromatic heterocycles. The van der Waals surface area contributed by atoms with Crippen LogP contribution < -0.4 is 4.90 Å². The zero-order valence-electron chi connectivity index (χ0n) is 11.7. The Hall–Kier alpha value is -2.23. The van der Waals surface area contributed by atoms with Crippen LogP contribution in [0.3, 0.4) is 0 Å². The smallest absolute Gasteiger partial charge is 0.238 e. The van der Waals surface area contributed by atoms with Crippen molar-refractivity contribution >= 4 is 23.3 Å². The zero-order valence-corrected chi connectivity index (χ0v) is 11.7. The molecular weight excluding hydrogens is 266 g/mol. The first-order chi connectivity index (χ1) is 10.1. The number of hydrogen-bond acceptors (Lipinski definition) is 3. The van der Waals surface area contributed by atoms with Gasteiger partial charge in [0.15, 0.2) is 5.78 Å². The molecular formula is C17H15NO3. The summed E-state index contributed by atoms with van der Waals surface area (Å²) in [4.78, 5) is 38.5. The fourth-order valence-corrected chi connectivity index (χ4v) is 4.11. The molecule has 1 aromatic rings. The highest BCUT2D eigenvalue weighted by Crippen LogP contribution is 2.53. The molecule has 4 atom stereocenters. The fraction of sp³-hybridized carbons (Fsp3) is 0.353. The van der Waals surface area contributed by atoms with Gasteiger partial charge in [0.25, 0.3) is 0 Å². The summed E-state index contributed by atoms with van der Waals surface area (Å²) >= 11 is 0. The second kappa shape index (κ2) is 4.13. The Morgan fingerprint density at radius 2 is 1.62 bits per heavy atom. The van der Waals surface area contributed by atoms with Gasteiger partial charge in [-0.2, -0.15) is 0 Å². The van der Waals surface area contributed by atoms with Crippen molar-refractivity contribution < 1.29 is 14.4 Å². The Bertz CT molecular complexity index is 676. The molecule has 4 heteroatoms. The van der Waals surface area contributed by atoms with Crippen LogP contribution >= 0.6 is 0 Å². The molecule has 2 bridgehead atoms. The Morgan fingerprint density at radius 3 is 2.19 bits per heavy atom. The van der Waals surface area contributed by atoms with Gasteiger partial charge in [0.2, 0.25) is 11.8 Å². The minimum Gasteiger partial charge on any atom is -0.294 e. The molecule has 4 nitrogen and oxygen atoms in total. The van der Waals surface area contributed by atoms with E-state index >= 15 is 0 Å². The number of para-hydroxylation sites is 1. The maximum atomic E-state index is 12.7. The summed E-state index contributed by atoms with van der Waals surface area (Å²) < 4.78 is 0. The van der Waals surface area contributed by atoms with E-state index in [9.17, 15) is 14.4 Å². The molecule has 1 saturated carbocycles. The van der Waals surface area contributed by atoms with E-state index in [-0.39, 0.29) is 41.3 Å². The molecule has 0 N–H and O–H groups in total. The minimum absolute atomic E-state index is 0.135. The van der Waals surface area contributed by atoms with Crippen LogP contribution in [0.2, 0.25) is 0 Å². The van der Waals surface area contributed by atoms with E-state index < -0.39 is 0 Å². The number of Topliss-reactive ketones (excluding diaryl/α,β-unsaturated/α-hetero) is 1. The highest BCUT2D eigenvalue weighted by molar-refractivity contribution is 6.24. The Labute approximate surface area is 122 Å². The lowest BCUT2D eigenvalue weighted by atomic mass is 9.85. The highest BCUT2D eigenvalue weighted by Gasteiger charge is 2.59. The van der Waals surface area contributed by atoms with E-state index in [2.05, 4.69) is 12.2 Å². The normalized spacial score (nSPS) is 32.9. The van der Waals surface area contributed by atoms with Crippen molar-refractivity contribution in [3.8, 4) is 0 Å². The van der Waals surface area contributed by atoms with Crippen LogP contribution in [0.15, 0.2) is 36.4 Å². The van der Waals surface area contributed by atoms with Gasteiger partial charge in [0.05, 0.1) is 17.5 Å². The lowest BCUT2D eigenvalue weighted by molar-refractivity contribution is -0.123. The third-order valence-corrected chi connectivity index (χ3v) is 4.99. The average molecular weight is 281 g/mol. The van der Waals surface area contributed by atoms with Gasteiger partial charge >= 0.3 is 0 Å². The summed E-state index contributed by atoms with van der Waals surface area (Å²) in [5, 5.41) is 0. The molecule has 0 radical (unpaired) electrons. The van der Waals surface area contributed by atoms with Crippen LogP contribution in [0, 0.1) is 23.7 Å². The first-order valence-electron chi connectivity index (χ1n) is 7.25. The number of benzene rings is 1. The average Bonchev–Trinajstić information content (AvgIpc) is 3.13. The number of imide groups is 1. The van der Waals surface area contributed by atoms with Crippen molar-refractivity contribution in [3.63, 3.8) is 0 Å². The van der Waals surface area contributed by atoms with Crippen molar-refractivity contribution in [3.05, 3.63) is 42.0 Å². The summed E-state index contributed by atoms with van der Waals surface area (Å²) in [6.45, 7) is 1.45. The van der Waals surface area contributed by atoms with Gasteiger partial charge in [-0.25, -0.2) is 4.90 Å². The van der Waals surface area contributed by atoms with Gasteiger partial charge in [0, 0.05) is 5.56 Å². The fourth-order valence-electron chi connectivity index (χ4n) is 4.11. The topological polar surface area (TPSA) is 54.5 Å². The highest BCUT2D eigenvalue weighted by atomic mass is 16.2. The van der Waals surface area contributed by atoms with Gasteiger partial charge in [0.1, 0.15) is 0 Å². The second-order valence-electron chi connectivity index (χ2n) is 6.09. The summed E-state index contributed by atoms with van der Waals surface area (Å²) in [6, 6.07) is 6.85. The molecule has 1 aromatic carbocycles. The van der Waals surface area contributed by atoms with Crippen molar-refractivity contribution in [1.82, 2.24) is 0 Å². The molecule has 2 fully saturated rings. The van der Waals surface area contributed by atoms with E-state index in [1.165, 1.54) is 11.8 Å². The van der Waals surface area contributed by atoms with E-state index in [0.717, 1.165) is 6.42 Å².